The van der Waals surface area contributed by atoms with Crippen molar-refractivity contribution in [2.24, 2.45) is 0 Å². The molecule has 0 aliphatic rings. The van der Waals surface area contributed by atoms with Crippen LogP contribution >= 0.6 is 0 Å². The maximum atomic E-state index is 13.5. The predicted molar refractivity (Wildman–Crippen MR) is 227 cm³/mol. The maximum Gasteiger partial charge on any atom is 0.193 e. The van der Waals surface area contributed by atoms with Gasteiger partial charge in [-0.1, -0.05) is 197 Å². The number of carbonyl (C=O) groups is 4. The van der Waals surface area contributed by atoms with Crippen molar-refractivity contribution in [2.45, 2.75) is 40.5 Å². The quantitative estimate of drug-likeness (QED) is 0.124. The molecule has 276 valence electrons. The summed E-state index contributed by atoms with van der Waals surface area (Å²) in [7, 11) is 0. The topological polar surface area (TPSA) is 68.3 Å². The summed E-state index contributed by atoms with van der Waals surface area (Å²) in [6.45, 7) is 10.2. The van der Waals surface area contributed by atoms with Gasteiger partial charge >= 0.3 is 0 Å². The zero-order valence-corrected chi connectivity index (χ0v) is 32.4. The van der Waals surface area contributed by atoms with Crippen LogP contribution in [0.5, 0.6) is 0 Å². The fourth-order valence-electron chi connectivity index (χ4n) is 6.45. The number of hydrogen-bond donors (Lipinski definition) is 0. The first-order valence-corrected chi connectivity index (χ1v) is 19.0. The smallest absolute Gasteiger partial charge is 0.193 e. The first-order valence-electron chi connectivity index (χ1n) is 19.0. The molecule has 4 nitrogen and oxygen atoms in total. The van der Waals surface area contributed by atoms with E-state index in [0.29, 0.717) is 50.4 Å². The van der Waals surface area contributed by atoms with Crippen molar-refractivity contribution in [1.29, 1.82) is 0 Å². The third-order valence-corrected chi connectivity index (χ3v) is 9.80. The molecule has 56 heavy (non-hydrogen) atoms. The molecule has 7 aromatic rings. The molecule has 0 radical (unpaired) electrons. The van der Waals surface area contributed by atoms with Gasteiger partial charge in [-0.05, 0) is 46.7 Å². The summed E-state index contributed by atoms with van der Waals surface area (Å²) in [5.41, 5.74) is 10.4. The largest absolute Gasteiger partial charge is 0.289 e. The molecule has 0 atom stereocenters. The Hall–Kier alpha value is -6.78. The fraction of sp³-hybridized carbons (Fsp3) is 0.115. The van der Waals surface area contributed by atoms with Crippen molar-refractivity contribution in [2.75, 3.05) is 0 Å². The summed E-state index contributed by atoms with van der Waals surface area (Å²) in [4.78, 5) is 52.9. The molecule has 4 heteroatoms. The van der Waals surface area contributed by atoms with Crippen LogP contribution in [0.4, 0.5) is 0 Å². The van der Waals surface area contributed by atoms with Crippen molar-refractivity contribution < 1.29 is 19.2 Å². The average Bonchev–Trinajstić information content (AvgIpc) is 3.26. The second kappa shape index (κ2) is 17.6. The number of hydrogen-bond acceptors (Lipinski definition) is 4. The van der Waals surface area contributed by atoms with Crippen molar-refractivity contribution >= 4 is 23.1 Å². The molecular weight excluding hydrogens is 689 g/mol. The Morgan fingerprint density at radius 1 is 0.339 bits per heavy atom. The molecule has 0 fully saturated rings. The number of benzene rings is 7. The summed E-state index contributed by atoms with van der Waals surface area (Å²) in [5, 5.41) is 0. The molecule has 0 N–H and O–H groups in total. The van der Waals surface area contributed by atoms with E-state index in [1.165, 1.54) is 5.56 Å². The van der Waals surface area contributed by atoms with E-state index < -0.39 is 0 Å². The Labute approximate surface area is 329 Å². The second-order valence-corrected chi connectivity index (χ2v) is 13.8. The van der Waals surface area contributed by atoms with E-state index in [-0.39, 0.29) is 23.1 Å². The highest BCUT2D eigenvalue weighted by molar-refractivity contribution is 6.13. The predicted octanol–water partition coefficient (Wildman–Crippen LogP) is 12.4. The van der Waals surface area contributed by atoms with Gasteiger partial charge in [0.05, 0.1) is 0 Å². The monoisotopic (exact) mass is 732 g/mol. The first-order chi connectivity index (χ1) is 27.1. The van der Waals surface area contributed by atoms with E-state index in [1.54, 1.807) is 48.5 Å². The van der Waals surface area contributed by atoms with Crippen molar-refractivity contribution in [1.82, 2.24) is 0 Å². The van der Waals surface area contributed by atoms with E-state index in [4.69, 9.17) is 0 Å². The highest BCUT2D eigenvalue weighted by Crippen LogP contribution is 2.26. The van der Waals surface area contributed by atoms with Gasteiger partial charge in [-0.3, -0.25) is 19.2 Å². The Morgan fingerprint density at radius 2 is 0.589 bits per heavy atom. The van der Waals surface area contributed by atoms with E-state index in [1.807, 2.05) is 142 Å². The lowest BCUT2D eigenvalue weighted by atomic mass is 9.94. The van der Waals surface area contributed by atoms with Crippen molar-refractivity contribution in [3.05, 3.63) is 225 Å². The molecule has 0 aromatic heterocycles. The number of carbonyl (C=O) groups excluding carboxylic acids is 4. The van der Waals surface area contributed by atoms with Gasteiger partial charge in [-0.15, -0.1) is 0 Å². The third kappa shape index (κ3) is 8.77. The molecule has 7 rings (SSSR count). The Balaban J connectivity index is 0.00000262. The van der Waals surface area contributed by atoms with Gasteiger partial charge in [0.2, 0.25) is 0 Å². The van der Waals surface area contributed by atoms with Crippen LogP contribution in [0, 0.1) is 6.92 Å². The van der Waals surface area contributed by atoms with E-state index in [2.05, 4.69) is 13.8 Å². The molecule has 0 unspecified atom stereocenters. The van der Waals surface area contributed by atoms with Crippen LogP contribution in [0.3, 0.4) is 0 Å². The van der Waals surface area contributed by atoms with Gasteiger partial charge in [0.15, 0.2) is 23.1 Å². The van der Waals surface area contributed by atoms with Crippen LogP contribution in [0.2, 0.25) is 0 Å². The van der Waals surface area contributed by atoms with Crippen molar-refractivity contribution in [3.8, 4) is 22.3 Å². The number of ketones is 4. The highest BCUT2D eigenvalue weighted by atomic mass is 16.1. The lowest BCUT2D eigenvalue weighted by Gasteiger charge is -2.09. The van der Waals surface area contributed by atoms with Crippen LogP contribution < -0.4 is 0 Å². The Bertz CT molecular complexity index is 2470. The second-order valence-electron chi connectivity index (χ2n) is 13.8. The summed E-state index contributed by atoms with van der Waals surface area (Å²) < 4.78 is 0. The third-order valence-electron chi connectivity index (χ3n) is 9.80. The minimum Gasteiger partial charge on any atom is -0.289 e. The molecule has 0 amide bonds. The van der Waals surface area contributed by atoms with E-state index in [0.717, 1.165) is 27.8 Å². The van der Waals surface area contributed by atoms with Crippen LogP contribution in [-0.4, -0.2) is 23.1 Å². The first kappa shape index (κ1) is 38.9. The zero-order valence-electron chi connectivity index (χ0n) is 32.4. The average molecular weight is 733 g/mol. The molecule has 7 aromatic carbocycles. The van der Waals surface area contributed by atoms with Crippen LogP contribution in [0.15, 0.2) is 170 Å². The van der Waals surface area contributed by atoms with Crippen LogP contribution in [0.25, 0.3) is 22.3 Å². The molecule has 0 spiro atoms. The van der Waals surface area contributed by atoms with E-state index >= 15 is 0 Å². The molecule has 0 aliphatic heterocycles. The Kier molecular flexibility index (Phi) is 12.2. The molecule has 0 saturated heterocycles. The number of rotatable bonds is 11. The molecule has 0 heterocycles. The molecule has 0 saturated carbocycles. The summed E-state index contributed by atoms with van der Waals surface area (Å²) >= 11 is 0. The summed E-state index contributed by atoms with van der Waals surface area (Å²) in [6, 6.07) is 51.7. The maximum absolute atomic E-state index is 13.5. The van der Waals surface area contributed by atoms with Gasteiger partial charge in [0.25, 0.3) is 0 Å². The molecular formula is C52H44O4. The summed E-state index contributed by atoms with van der Waals surface area (Å²) in [5.74, 6) is -0.00587. The van der Waals surface area contributed by atoms with Crippen molar-refractivity contribution in [3.63, 3.8) is 0 Å². The summed E-state index contributed by atoms with van der Waals surface area (Å²) in [6.07, 6.45) is 0. The van der Waals surface area contributed by atoms with Gasteiger partial charge in [0.1, 0.15) is 0 Å². The standard InChI is InChI=1S/C50H38O4.C2H6/c1-32(2)34-11-21-40(22-12-34)48(52)42-25-15-36(16-26-42)38-19-29-44(30-20-38)50(54)46-6-4-5-45(31-46)49(53)43-27-17-37(18-28-43)35-13-23-41(24-14-35)47(51)39-9-7-33(3)8-10-39;1-2/h4-32H,1-3H3;1-2H3. The lowest BCUT2D eigenvalue weighted by Crippen LogP contribution is -2.06. The van der Waals surface area contributed by atoms with Gasteiger partial charge in [0, 0.05) is 44.5 Å². The zero-order chi connectivity index (χ0) is 39.8. The SMILES string of the molecule is CC.Cc1ccc(C(=O)c2ccc(-c3ccc(C(=O)c4cccc(C(=O)c5ccc(-c6ccc(C(=O)c7ccc(C(C)C)cc7)cc6)cc5)c4)cc3)cc2)cc1. The highest BCUT2D eigenvalue weighted by Gasteiger charge is 2.16. The van der Waals surface area contributed by atoms with Gasteiger partial charge < -0.3 is 0 Å². The normalized spacial score (nSPS) is 10.7. The number of aryl methyl sites for hydroxylation is 1. The van der Waals surface area contributed by atoms with Crippen LogP contribution in [0.1, 0.15) is 108 Å². The lowest BCUT2D eigenvalue weighted by molar-refractivity contribution is 0.102. The molecule has 0 aliphatic carbocycles. The van der Waals surface area contributed by atoms with Gasteiger partial charge in [-0.25, -0.2) is 0 Å². The minimum absolute atomic E-state index is 0.0224. The van der Waals surface area contributed by atoms with E-state index in [9.17, 15) is 19.2 Å². The molecule has 0 bridgehead atoms. The minimum atomic E-state index is -0.180. The van der Waals surface area contributed by atoms with Crippen LogP contribution in [-0.2, 0) is 0 Å². The fourth-order valence-corrected chi connectivity index (χ4v) is 6.45. The van der Waals surface area contributed by atoms with Gasteiger partial charge in [-0.2, -0.15) is 0 Å². The Morgan fingerprint density at radius 3 is 0.875 bits per heavy atom.